The highest BCUT2D eigenvalue weighted by molar-refractivity contribution is 5.89. The summed E-state index contributed by atoms with van der Waals surface area (Å²) in [6, 6.07) is -0.829. The first-order valence-corrected chi connectivity index (χ1v) is 8.90. The minimum absolute atomic E-state index is 0.143. The Hall–Kier alpha value is -1.22. The summed E-state index contributed by atoms with van der Waals surface area (Å²) in [6.45, 7) is 2.42. The molecule has 0 bridgehead atoms. The van der Waals surface area contributed by atoms with Crippen molar-refractivity contribution in [2.75, 3.05) is 40.3 Å². The van der Waals surface area contributed by atoms with Crippen LogP contribution >= 0.6 is 0 Å². The van der Waals surface area contributed by atoms with Gasteiger partial charge in [0.05, 0.1) is 6.04 Å². The van der Waals surface area contributed by atoms with Crippen molar-refractivity contribution < 1.29 is 9.59 Å². The summed E-state index contributed by atoms with van der Waals surface area (Å²) < 4.78 is 0. The lowest BCUT2D eigenvalue weighted by Crippen LogP contribution is -2.52. The molecule has 0 aromatic rings. The number of unbranched alkanes of at least 4 members (excludes halogenated alkanes) is 2. The van der Waals surface area contributed by atoms with Crippen LogP contribution in [0.1, 0.15) is 38.5 Å². The number of amides is 2. The van der Waals surface area contributed by atoms with Gasteiger partial charge in [-0.2, -0.15) is 0 Å². The molecule has 0 spiro atoms. The molecule has 2 amide bonds. The molecule has 0 unspecified atom stereocenters. The zero-order valence-electron chi connectivity index (χ0n) is 15.2. The molecule has 0 saturated carbocycles. The number of rotatable bonds is 15. The molecule has 0 saturated heterocycles. The second-order valence-corrected chi connectivity index (χ2v) is 5.87. The molecule has 0 radical (unpaired) electrons. The fourth-order valence-electron chi connectivity index (χ4n) is 2.37. The summed E-state index contributed by atoms with van der Waals surface area (Å²) in [7, 11) is 3.58. The molecule has 0 aliphatic rings. The van der Waals surface area contributed by atoms with Crippen LogP contribution in [0.3, 0.4) is 0 Å². The predicted octanol–water partition coefficient (Wildman–Crippen LogP) is -1.35. The largest absolute Gasteiger partial charge is 0.353 e. The Labute approximate surface area is 145 Å². The van der Waals surface area contributed by atoms with Gasteiger partial charge in [-0.1, -0.05) is 6.42 Å². The molecular formula is C16H36N6O2. The lowest BCUT2D eigenvalue weighted by Gasteiger charge is -2.22. The van der Waals surface area contributed by atoms with Crippen LogP contribution in [0.15, 0.2) is 0 Å². The molecule has 24 heavy (non-hydrogen) atoms. The lowest BCUT2D eigenvalue weighted by atomic mass is 10.1. The van der Waals surface area contributed by atoms with Crippen molar-refractivity contribution in [2.45, 2.75) is 50.6 Å². The standard InChI is InChI=1S/C16H36N6O2/c1-19-11-12-21-15(23)14(8-4-6-10-18)22-16(24)13(20-2)7-3-5-9-17/h13-14,19-20H,3-12,17-18H2,1-2H3,(H,21,23)(H,22,24)/t13-,14-/m0/s1. The van der Waals surface area contributed by atoms with Crippen LogP contribution in [-0.2, 0) is 9.59 Å². The quantitative estimate of drug-likeness (QED) is 0.203. The Morgan fingerprint density at radius 1 is 0.833 bits per heavy atom. The van der Waals surface area contributed by atoms with Gasteiger partial charge in [0.15, 0.2) is 0 Å². The van der Waals surface area contributed by atoms with Crippen LogP contribution < -0.4 is 32.7 Å². The second-order valence-electron chi connectivity index (χ2n) is 5.87. The average molecular weight is 345 g/mol. The van der Waals surface area contributed by atoms with Crippen LogP contribution in [0.4, 0.5) is 0 Å². The molecule has 2 atom stereocenters. The first-order valence-electron chi connectivity index (χ1n) is 8.90. The summed E-state index contributed by atoms with van der Waals surface area (Å²) in [4.78, 5) is 24.7. The number of carbonyl (C=O) groups excluding carboxylic acids is 2. The van der Waals surface area contributed by atoms with E-state index < -0.39 is 6.04 Å². The maximum atomic E-state index is 12.4. The van der Waals surface area contributed by atoms with Gasteiger partial charge in [-0.05, 0) is 59.3 Å². The number of likely N-dealkylation sites (N-methyl/N-ethyl adjacent to an activating group) is 2. The maximum Gasteiger partial charge on any atom is 0.242 e. The average Bonchev–Trinajstić information content (AvgIpc) is 2.58. The van der Waals surface area contributed by atoms with E-state index in [2.05, 4.69) is 21.3 Å². The van der Waals surface area contributed by atoms with Crippen molar-refractivity contribution in [3.05, 3.63) is 0 Å². The summed E-state index contributed by atoms with van der Waals surface area (Å²) in [6.07, 6.45) is 4.70. The van der Waals surface area contributed by atoms with E-state index >= 15 is 0 Å². The van der Waals surface area contributed by atoms with Crippen LogP contribution in [0.5, 0.6) is 0 Å². The van der Waals surface area contributed by atoms with E-state index in [9.17, 15) is 9.59 Å². The Bertz CT molecular complexity index is 341. The van der Waals surface area contributed by atoms with Crippen molar-refractivity contribution >= 4 is 11.8 Å². The highest BCUT2D eigenvalue weighted by atomic mass is 16.2. The molecule has 8 nitrogen and oxygen atoms in total. The number of hydrogen-bond donors (Lipinski definition) is 6. The predicted molar refractivity (Wildman–Crippen MR) is 97.5 cm³/mol. The molecule has 0 fully saturated rings. The monoisotopic (exact) mass is 344 g/mol. The lowest BCUT2D eigenvalue weighted by molar-refractivity contribution is -0.130. The summed E-state index contributed by atoms with van der Waals surface area (Å²) in [5.41, 5.74) is 11.0. The van der Waals surface area contributed by atoms with Gasteiger partial charge in [0.1, 0.15) is 6.04 Å². The van der Waals surface area contributed by atoms with Crippen LogP contribution in [0, 0.1) is 0 Å². The van der Waals surface area contributed by atoms with Crippen LogP contribution in [-0.4, -0.2) is 64.2 Å². The van der Waals surface area contributed by atoms with E-state index in [1.54, 1.807) is 7.05 Å². The van der Waals surface area contributed by atoms with Crippen molar-refractivity contribution in [3.63, 3.8) is 0 Å². The first-order chi connectivity index (χ1) is 11.6. The van der Waals surface area contributed by atoms with Gasteiger partial charge < -0.3 is 32.7 Å². The Morgan fingerprint density at radius 2 is 1.42 bits per heavy atom. The number of nitrogens with two attached hydrogens (primary N) is 2. The SMILES string of the molecule is CNCCNC(=O)[C@H](CCCCN)NC(=O)[C@H](CCCCN)NC. The number of hydrogen-bond acceptors (Lipinski definition) is 6. The molecule has 8 heteroatoms. The van der Waals surface area contributed by atoms with E-state index in [0.717, 1.165) is 25.7 Å². The number of nitrogens with one attached hydrogen (secondary N) is 4. The summed E-state index contributed by atoms with van der Waals surface area (Å²) in [5, 5.41) is 11.7. The van der Waals surface area contributed by atoms with Crippen molar-refractivity contribution in [3.8, 4) is 0 Å². The van der Waals surface area contributed by atoms with Crippen molar-refractivity contribution in [1.82, 2.24) is 21.3 Å². The van der Waals surface area contributed by atoms with Crippen molar-refractivity contribution in [2.24, 2.45) is 11.5 Å². The van der Waals surface area contributed by atoms with Gasteiger partial charge in [0, 0.05) is 13.1 Å². The van der Waals surface area contributed by atoms with E-state index in [0.29, 0.717) is 39.0 Å². The fraction of sp³-hybridized carbons (Fsp3) is 0.875. The third kappa shape index (κ3) is 10.5. The van der Waals surface area contributed by atoms with E-state index in [1.165, 1.54) is 0 Å². The Morgan fingerprint density at radius 3 is 1.92 bits per heavy atom. The Kier molecular flexibility index (Phi) is 14.5. The van der Waals surface area contributed by atoms with Crippen LogP contribution in [0.2, 0.25) is 0 Å². The summed E-state index contributed by atoms with van der Waals surface area (Å²) >= 11 is 0. The maximum absolute atomic E-state index is 12.4. The molecule has 0 aromatic carbocycles. The molecule has 0 rings (SSSR count). The van der Waals surface area contributed by atoms with E-state index in [4.69, 9.17) is 11.5 Å². The molecule has 0 aliphatic heterocycles. The zero-order valence-corrected chi connectivity index (χ0v) is 15.2. The van der Waals surface area contributed by atoms with Gasteiger partial charge in [0.2, 0.25) is 11.8 Å². The molecular weight excluding hydrogens is 308 g/mol. The third-order valence-corrected chi connectivity index (χ3v) is 3.87. The van der Waals surface area contributed by atoms with E-state index in [-0.39, 0.29) is 17.9 Å². The highest BCUT2D eigenvalue weighted by Crippen LogP contribution is 2.04. The Balaban J connectivity index is 4.57. The fourth-order valence-corrected chi connectivity index (χ4v) is 2.37. The van der Waals surface area contributed by atoms with E-state index in [1.807, 2.05) is 7.05 Å². The smallest absolute Gasteiger partial charge is 0.242 e. The van der Waals surface area contributed by atoms with Gasteiger partial charge in [0.25, 0.3) is 0 Å². The normalized spacial score (nSPS) is 13.3. The molecule has 0 aliphatic carbocycles. The van der Waals surface area contributed by atoms with Crippen molar-refractivity contribution in [1.29, 1.82) is 0 Å². The molecule has 142 valence electrons. The van der Waals surface area contributed by atoms with Gasteiger partial charge in [-0.25, -0.2) is 0 Å². The topological polar surface area (TPSA) is 134 Å². The summed E-state index contributed by atoms with van der Waals surface area (Å²) in [5.74, 6) is -0.288. The molecule has 8 N–H and O–H groups in total. The number of carbonyl (C=O) groups is 2. The van der Waals surface area contributed by atoms with Gasteiger partial charge in [-0.15, -0.1) is 0 Å². The zero-order chi connectivity index (χ0) is 18.2. The minimum Gasteiger partial charge on any atom is -0.353 e. The minimum atomic E-state index is -0.522. The molecule has 0 heterocycles. The van der Waals surface area contributed by atoms with Crippen LogP contribution in [0.25, 0.3) is 0 Å². The second kappa shape index (κ2) is 15.3. The van der Waals surface area contributed by atoms with Gasteiger partial charge in [-0.3, -0.25) is 9.59 Å². The highest BCUT2D eigenvalue weighted by Gasteiger charge is 2.24. The molecule has 0 aromatic heterocycles. The third-order valence-electron chi connectivity index (χ3n) is 3.87. The van der Waals surface area contributed by atoms with Gasteiger partial charge >= 0.3 is 0 Å². The first kappa shape index (κ1) is 22.8.